The summed E-state index contributed by atoms with van der Waals surface area (Å²) in [6, 6.07) is 6.17. The van der Waals surface area contributed by atoms with Crippen molar-refractivity contribution in [2.24, 2.45) is 0 Å². The van der Waals surface area contributed by atoms with Crippen molar-refractivity contribution in [1.82, 2.24) is 9.97 Å². The molecule has 0 spiro atoms. The van der Waals surface area contributed by atoms with E-state index < -0.39 is 5.82 Å². The number of methoxy groups -OCH3 is 1. The minimum Gasteiger partial charge on any atom is -0.439 e. The molecule has 0 bridgehead atoms. The lowest BCUT2D eigenvalue weighted by atomic mass is 10.3. The molecule has 21 heavy (non-hydrogen) atoms. The lowest BCUT2D eigenvalue weighted by Crippen LogP contribution is -2.05. The molecule has 2 aromatic rings. The number of halogens is 2. The summed E-state index contributed by atoms with van der Waals surface area (Å²) in [5.74, 6) is 1.41. The fourth-order valence-corrected chi connectivity index (χ4v) is 1.90. The maximum absolute atomic E-state index is 13.5. The number of ether oxygens (including phenoxy) is 2. The Morgan fingerprint density at radius 3 is 2.76 bits per heavy atom. The van der Waals surface area contributed by atoms with Crippen molar-refractivity contribution in [3.8, 4) is 11.6 Å². The van der Waals surface area contributed by atoms with Crippen molar-refractivity contribution in [3.63, 3.8) is 0 Å². The molecule has 1 heterocycles. The molecule has 1 aromatic heterocycles. The standard InChI is InChI=1S/C14H15BrFN3O2/c1-3-17-12-7-14(19-13(18-12)8-20-2)21-9-4-5-10(15)11(16)6-9/h4-7H,3,8H2,1-2H3,(H,17,18,19). The van der Waals surface area contributed by atoms with Crippen LogP contribution in [0.4, 0.5) is 10.2 Å². The second-order valence-corrected chi connectivity index (χ2v) is 5.00. The molecule has 0 atom stereocenters. The van der Waals surface area contributed by atoms with Crippen LogP contribution in [0.1, 0.15) is 12.7 Å². The van der Waals surface area contributed by atoms with Gasteiger partial charge in [0.25, 0.3) is 0 Å². The zero-order valence-corrected chi connectivity index (χ0v) is 13.3. The summed E-state index contributed by atoms with van der Waals surface area (Å²) in [7, 11) is 1.56. The molecule has 0 aliphatic heterocycles. The van der Waals surface area contributed by atoms with Gasteiger partial charge in [-0.05, 0) is 35.0 Å². The van der Waals surface area contributed by atoms with Gasteiger partial charge in [-0.3, -0.25) is 0 Å². The van der Waals surface area contributed by atoms with Gasteiger partial charge in [0.2, 0.25) is 5.88 Å². The van der Waals surface area contributed by atoms with Crippen LogP contribution >= 0.6 is 15.9 Å². The fourth-order valence-electron chi connectivity index (χ4n) is 1.65. The molecular weight excluding hydrogens is 341 g/mol. The predicted octanol–water partition coefficient (Wildman–Crippen LogP) is 3.75. The van der Waals surface area contributed by atoms with Crippen LogP contribution < -0.4 is 10.1 Å². The van der Waals surface area contributed by atoms with Crippen molar-refractivity contribution >= 4 is 21.7 Å². The molecule has 0 aliphatic carbocycles. The van der Waals surface area contributed by atoms with Crippen LogP contribution in [0.5, 0.6) is 11.6 Å². The van der Waals surface area contributed by atoms with Crippen LogP contribution in [0.15, 0.2) is 28.7 Å². The van der Waals surface area contributed by atoms with Gasteiger partial charge in [-0.1, -0.05) is 0 Å². The van der Waals surface area contributed by atoms with Crippen LogP contribution in [0.2, 0.25) is 0 Å². The Labute approximate surface area is 130 Å². The van der Waals surface area contributed by atoms with E-state index in [-0.39, 0.29) is 6.61 Å². The van der Waals surface area contributed by atoms with E-state index in [9.17, 15) is 4.39 Å². The summed E-state index contributed by atoms with van der Waals surface area (Å²) < 4.78 is 24.5. The fraction of sp³-hybridized carbons (Fsp3) is 0.286. The van der Waals surface area contributed by atoms with Gasteiger partial charge >= 0.3 is 0 Å². The Balaban J connectivity index is 2.26. The van der Waals surface area contributed by atoms with Crippen molar-refractivity contribution in [3.05, 3.63) is 40.4 Å². The molecule has 5 nitrogen and oxygen atoms in total. The SMILES string of the molecule is CCNc1cc(Oc2ccc(Br)c(F)c2)nc(COC)n1. The highest BCUT2D eigenvalue weighted by Gasteiger charge is 2.08. The molecular formula is C14H15BrFN3O2. The lowest BCUT2D eigenvalue weighted by Gasteiger charge is -2.10. The van der Waals surface area contributed by atoms with E-state index in [0.717, 1.165) is 6.54 Å². The third-order valence-corrected chi connectivity index (χ3v) is 3.14. The molecule has 0 fully saturated rings. The van der Waals surface area contributed by atoms with Gasteiger partial charge in [0.15, 0.2) is 5.82 Å². The molecule has 2 rings (SSSR count). The molecule has 1 aromatic carbocycles. The van der Waals surface area contributed by atoms with E-state index in [1.807, 2.05) is 6.92 Å². The quantitative estimate of drug-likeness (QED) is 0.854. The highest BCUT2D eigenvalue weighted by molar-refractivity contribution is 9.10. The molecule has 1 N–H and O–H groups in total. The van der Waals surface area contributed by atoms with E-state index in [2.05, 4.69) is 31.2 Å². The van der Waals surface area contributed by atoms with Crippen LogP contribution in [0.3, 0.4) is 0 Å². The van der Waals surface area contributed by atoms with Gasteiger partial charge < -0.3 is 14.8 Å². The normalized spacial score (nSPS) is 10.5. The maximum atomic E-state index is 13.5. The Morgan fingerprint density at radius 2 is 2.10 bits per heavy atom. The zero-order chi connectivity index (χ0) is 15.2. The zero-order valence-electron chi connectivity index (χ0n) is 11.7. The number of hydrogen-bond donors (Lipinski definition) is 1. The Hall–Kier alpha value is -1.73. The van der Waals surface area contributed by atoms with Crippen LogP contribution in [-0.2, 0) is 11.3 Å². The maximum Gasteiger partial charge on any atom is 0.224 e. The molecule has 7 heteroatoms. The molecule has 0 amide bonds. The summed E-state index contributed by atoms with van der Waals surface area (Å²) in [6.45, 7) is 2.95. The first kappa shape index (κ1) is 15.7. The molecule has 0 unspecified atom stereocenters. The van der Waals surface area contributed by atoms with Crippen LogP contribution in [-0.4, -0.2) is 23.6 Å². The molecule has 0 aliphatic rings. The van der Waals surface area contributed by atoms with Gasteiger partial charge in [0, 0.05) is 25.8 Å². The largest absolute Gasteiger partial charge is 0.439 e. The number of nitrogens with one attached hydrogen (secondary N) is 1. The van der Waals surface area contributed by atoms with E-state index in [1.54, 1.807) is 25.3 Å². The van der Waals surface area contributed by atoms with Crippen molar-refractivity contribution in [2.75, 3.05) is 19.0 Å². The van der Waals surface area contributed by atoms with Crippen molar-refractivity contribution < 1.29 is 13.9 Å². The Bertz CT molecular complexity index is 601. The van der Waals surface area contributed by atoms with Crippen molar-refractivity contribution in [2.45, 2.75) is 13.5 Å². The summed E-state index contributed by atoms with van der Waals surface area (Å²) in [6.07, 6.45) is 0. The first-order valence-electron chi connectivity index (χ1n) is 6.36. The average Bonchev–Trinajstić information content (AvgIpc) is 2.43. The number of anilines is 1. The van der Waals surface area contributed by atoms with E-state index in [0.29, 0.717) is 27.7 Å². The summed E-state index contributed by atoms with van der Waals surface area (Å²) in [5, 5.41) is 3.08. The molecule has 112 valence electrons. The average molecular weight is 356 g/mol. The smallest absolute Gasteiger partial charge is 0.224 e. The van der Waals surface area contributed by atoms with Gasteiger partial charge in [0.1, 0.15) is 24.0 Å². The molecule has 0 saturated carbocycles. The summed E-state index contributed by atoms with van der Waals surface area (Å²) >= 11 is 3.10. The van der Waals surface area contributed by atoms with E-state index in [4.69, 9.17) is 9.47 Å². The number of aromatic nitrogens is 2. The second kappa shape index (κ2) is 7.33. The molecule has 0 radical (unpaired) electrons. The van der Waals surface area contributed by atoms with Gasteiger partial charge in [0.05, 0.1) is 4.47 Å². The first-order chi connectivity index (χ1) is 10.1. The van der Waals surface area contributed by atoms with Crippen molar-refractivity contribution in [1.29, 1.82) is 0 Å². The number of nitrogens with zero attached hydrogens (tertiary/aromatic N) is 2. The number of rotatable bonds is 6. The minimum absolute atomic E-state index is 0.268. The monoisotopic (exact) mass is 355 g/mol. The third kappa shape index (κ3) is 4.37. The van der Waals surface area contributed by atoms with Crippen LogP contribution in [0, 0.1) is 5.82 Å². The Kier molecular flexibility index (Phi) is 5.46. The van der Waals surface area contributed by atoms with Gasteiger partial charge in [-0.2, -0.15) is 4.98 Å². The van der Waals surface area contributed by atoms with Gasteiger partial charge in [-0.25, -0.2) is 9.37 Å². The third-order valence-electron chi connectivity index (χ3n) is 2.49. The number of hydrogen-bond acceptors (Lipinski definition) is 5. The summed E-state index contributed by atoms with van der Waals surface area (Å²) in [5.41, 5.74) is 0. The summed E-state index contributed by atoms with van der Waals surface area (Å²) in [4.78, 5) is 8.50. The second-order valence-electron chi connectivity index (χ2n) is 4.15. The minimum atomic E-state index is -0.398. The topological polar surface area (TPSA) is 56.3 Å². The van der Waals surface area contributed by atoms with E-state index >= 15 is 0 Å². The first-order valence-corrected chi connectivity index (χ1v) is 7.15. The highest BCUT2D eigenvalue weighted by Crippen LogP contribution is 2.25. The van der Waals surface area contributed by atoms with E-state index in [1.165, 1.54) is 6.07 Å². The predicted molar refractivity (Wildman–Crippen MR) is 81.1 cm³/mol. The highest BCUT2D eigenvalue weighted by atomic mass is 79.9. The Morgan fingerprint density at radius 1 is 1.29 bits per heavy atom. The number of benzene rings is 1. The molecule has 0 saturated heterocycles. The van der Waals surface area contributed by atoms with Gasteiger partial charge in [-0.15, -0.1) is 0 Å². The lowest BCUT2D eigenvalue weighted by molar-refractivity contribution is 0.177. The van der Waals surface area contributed by atoms with Crippen LogP contribution in [0.25, 0.3) is 0 Å².